The number of ether oxygens (including phenoxy) is 1. The Kier molecular flexibility index (Phi) is 29.2. The second kappa shape index (κ2) is 27.6. The van der Waals surface area contributed by atoms with Crippen LogP contribution in [0.5, 0.6) is 0 Å². The fourth-order valence-corrected chi connectivity index (χ4v) is 3.01. The lowest BCUT2D eigenvalue weighted by molar-refractivity contribution is -0.141. The second-order valence-electron chi connectivity index (χ2n) is 7.60. The summed E-state index contributed by atoms with van der Waals surface area (Å²) in [5, 5.41) is 0. The summed E-state index contributed by atoms with van der Waals surface area (Å²) in [5.74, 6) is 4.74. The standard InChI is InChI=1S/C20H40O2.C3H10N2/c1-3-4-5-6-7-8-9-10-11-12-13-14-15-16-17-18-19-22-20(2)21;1-2-3-5-4/h3-19H2,1-2H3;5H,2-4H2,1H3. The van der Waals surface area contributed by atoms with E-state index in [1.54, 1.807) is 0 Å². The first-order chi connectivity index (χ1) is 13.2. The monoisotopic (exact) mass is 386 g/mol. The molecule has 0 bridgehead atoms. The maximum Gasteiger partial charge on any atom is 0.302 e. The summed E-state index contributed by atoms with van der Waals surface area (Å²) in [6, 6.07) is 0. The zero-order chi connectivity index (χ0) is 20.4. The van der Waals surface area contributed by atoms with Crippen LogP contribution in [0, 0.1) is 0 Å². The summed E-state index contributed by atoms with van der Waals surface area (Å²) in [6.45, 7) is 7.35. The van der Waals surface area contributed by atoms with Crippen LogP contribution in [0.1, 0.15) is 130 Å². The molecule has 0 atom stereocenters. The molecule has 0 aromatic carbocycles. The third-order valence-electron chi connectivity index (χ3n) is 4.70. The van der Waals surface area contributed by atoms with Gasteiger partial charge in [-0.3, -0.25) is 16.1 Å². The molecule has 0 fully saturated rings. The third kappa shape index (κ3) is 33.4. The average molecular weight is 387 g/mol. The van der Waals surface area contributed by atoms with Gasteiger partial charge >= 0.3 is 5.97 Å². The van der Waals surface area contributed by atoms with Gasteiger partial charge in [-0.15, -0.1) is 0 Å². The number of esters is 1. The van der Waals surface area contributed by atoms with E-state index in [1.807, 2.05) is 0 Å². The van der Waals surface area contributed by atoms with Crippen LogP contribution < -0.4 is 11.3 Å². The normalized spacial score (nSPS) is 10.4. The molecule has 0 unspecified atom stereocenters. The van der Waals surface area contributed by atoms with Crippen molar-refractivity contribution < 1.29 is 9.53 Å². The summed E-state index contributed by atoms with van der Waals surface area (Å²) in [6.07, 6.45) is 23.1. The van der Waals surface area contributed by atoms with Crippen LogP contribution in [-0.4, -0.2) is 19.1 Å². The molecular weight excluding hydrogens is 336 g/mol. The van der Waals surface area contributed by atoms with Crippen molar-refractivity contribution in [3.63, 3.8) is 0 Å². The maximum atomic E-state index is 10.6. The molecule has 0 aliphatic heterocycles. The Hall–Kier alpha value is -0.610. The van der Waals surface area contributed by atoms with E-state index in [-0.39, 0.29) is 5.97 Å². The molecule has 4 nitrogen and oxygen atoms in total. The van der Waals surface area contributed by atoms with Crippen LogP contribution >= 0.6 is 0 Å². The van der Waals surface area contributed by atoms with Gasteiger partial charge in [0.2, 0.25) is 0 Å². The SMILES string of the molecule is CCCCCCCCCCCCCCCCCCOC(C)=O.CCCNN. The highest BCUT2D eigenvalue weighted by molar-refractivity contribution is 5.65. The molecular formula is C23H50N2O2. The van der Waals surface area contributed by atoms with Crippen molar-refractivity contribution in [1.29, 1.82) is 0 Å². The minimum absolute atomic E-state index is 0.152. The molecule has 0 heterocycles. The van der Waals surface area contributed by atoms with E-state index in [0.29, 0.717) is 6.61 Å². The van der Waals surface area contributed by atoms with Crippen LogP contribution in [0.3, 0.4) is 0 Å². The average Bonchev–Trinajstić information content (AvgIpc) is 2.65. The molecule has 0 aromatic rings. The van der Waals surface area contributed by atoms with Gasteiger partial charge in [0, 0.05) is 13.5 Å². The highest BCUT2D eigenvalue weighted by Crippen LogP contribution is 2.13. The van der Waals surface area contributed by atoms with Crippen LogP contribution in [0.15, 0.2) is 0 Å². The van der Waals surface area contributed by atoms with Crippen molar-refractivity contribution in [3.05, 3.63) is 0 Å². The van der Waals surface area contributed by atoms with Gasteiger partial charge < -0.3 is 4.74 Å². The van der Waals surface area contributed by atoms with Crippen LogP contribution in [0.2, 0.25) is 0 Å². The Balaban J connectivity index is 0. The lowest BCUT2D eigenvalue weighted by Crippen LogP contribution is -2.21. The number of hydrogen-bond donors (Lipinski definition) is 2. The number of nitrogens with one attached hydrogen (secondary N) is 1. The fraction of sp³-hybridized carbons (Fsp3) is 0.957. The molecule has 0 saturated heterocycles. The summed E-state index contributed by atoms with van der Waals surface area (Å²) >= 11 is 0. The lowest BCUT2D eigenvalue weighted by Gasteiger charge is -2.04. The number of unbranched alkanes of at least 4 members (excludes halogenated alkanes) is 15. The number of carbonyl (C=O) groups is 1. The van der Waals surface area contributed by atoms with Gasteiger partial charge in [-0.1, -0.05) is 110 Å². The van der Waals surface area contributed by atoms with E-state index in [1.165, 1.54) is 103 Å². The molecule has 0 aliphatic carbocycles. The number of hydrazine groups is 1. The maximum absolute atomic E-state index is 10.6. The summed E-state index contributed by atoms with van der Waals surface area (Å²) in [7, 11) is 0. The molecule has 0 radical (unpaired) electrons. The smallest absolute Gasteiger partial charge is 0.302 e. The van der Waals surface area contributed by atoms with Crippen molar-refractivity contribution in [2.75, 3.05) is 13.2 Å². The van der Waals surface area contributed by atoms with E-state index in [0.717, 1.165) is 19.4 Å². The third-order valence-corrected chi connectivity index (χ3v) is 4.70. The predicted octanol–water partition coefficient (Wildman–Crippen LogP) is 6.67. The first-order valence-corrected chi connectivity index (χ1v) is 11.8. The second-order valence-corrected chi connectivity index (χ2v) is 7.60. The molecule has 0 rings (SSSR count). The summed E-state index contributed by atoms with van der Waals surface area (Å²) in [5.41, 5.74) is 2.52. The van der Waals surface area contributed by atoms with Crippen molar-refractivity contribution in [3.8, 4) is 0 Å². The Labute approximate surface area is 170 Å². The molecule has 0 aliphatic rings. The molecule has 3 N–H and O–H groups in total. The van der Waals surface area contributed by atoms with Gasteiger partial charge in [-0.05, 0) is 12.8 Å². The van der Waals surface area contributed by atoms with E-state index < -0.39 is 0 Å². The van der Waals surface area contributed by atoms with Gasteiger partial charge in [-0.25, -0.2) is 0 Å². The van der Waals surface area contributed by atoms with Gasteiger partial charge in [-0.2, -0.15) is 0 Å². The Morgan fingerprint density at radius 1 is 0.667 bits per heavy atom. The van der Waals surface area contributed by atoms with E-state index in [9.17, 15) is 4.79 Å². The Bertz CT molecular complexity index is 271. The molecule has 164 valence electrons. The van der Waals surface area contributed by atoms with E-state index >= 15 is 0 Å². The zero-order valence-corrected chi connectivity index (χ0v) is 18.8. The van der Waals surface area contributed by atoms with Gasteiger partial charge in [0.1, 0.15) is 0 Å². The summed E-state index contributed by atoms with van der Waals surface area (Å²) in [4.78, 5) is 10.6. The first-order valence-electron chi connectivity index (χ1n) is 11.8. The molecule has 0 saturated carbocycles. The van der Waals surface area contributed by atoms with E-state index in [4.69, 9.17) is 10.6 Å². The van der Waals surface area contributed by atoms with Crippen LogP contribution in [-0.2, 0) is 9.53 Å². The largest absolute Gasteiger partial charge is 0.466 e. The molecule has 0 spiro atoms. The van der Waals surface area contributed by atoms with Gasteiger partial charge in [0.15, 0.2) is 0 Å². The number of rotatable bonds is 19. The topological polar surface area (TPSA) is 64.3 Å². The minimum Gasteiger partial charge on any atom is -0.466 e. The first kappa shape index (κ1) is 28.6. The zero-order valence-electron chi connectivity index (χ0n) is 18.8. The number of hydrogen-bond acceptors (Lipinski definition) is 4. The van der Waals surface area contributed by atoms with Crippen molar-refractivity contribution in [1.82, 2.24) is 5.43 Å². The highest BCUT2D eigenvalue weighted by atomic mass is 16.5. The Morgan fingerprint density at radius 3 is 1.30 bits per heavy atom. The number of carbonyl (C=O) groups excluding carboxylic acids is 1. The highest BCUT2D eigenvalue weighted by Gasteiger charge is 1.95. The quantitative estimate of drug-likeness (QED) is 0.113. The summed E-state index contributed by atoms with van der Waals surface area (Å²) < 4.78 is 4.92. The minimum atomic E-state index is -0.152. The van der Waals surface area contributed by atoms with Gasteiger partial charge in [0.05, 0.1) is 6.61 Å². The van der Waals surface area contributed by atoms with Crippen LogP contribution in [0.25, 0.3) is 0 Å². The van der Waals surface area contributed by atoms with Gasteiger partial charge in [0.25, 0.3) is 0 Å². The van der Waals surface area contributed by atoms with Crippen molar-refractivity contribution >= 4 is 5.97 Å². The molecule has 0 aromatic heterocycles. The van der Waals surface area contributed by atoms with Crippen molar-refractivity contribution in [2.45, 2.75) is 130 Å². The fourth-order valence-electron chi connectivity index (χ4n) is 3.01. The Morgan fingerprint density at radius 2 is 1.04 bits per heavy atom. The number of nitrogens with two attached hydrogens (primary N) is 1. The van der Waals surface area contributed by atoms with E-state index in [2.05, 4.69) is 19.3 Å². The van der Waals surface area contributed by atoms with Crippen molar-refractivity contribution in [2.24, 2.45) is 5.84 Å². The predicted molar refractivity (Wildman–Crippen MR) is 119 cm³/mol. The van der Waals surface area contributed by atoms with Crippen LogP contribution in [0.4, 0.5) is 0 Å². The molecule has 27 heavy (non-hydrogen) atoms. The molecule has 4 heteroatoms. The molecule has 0 amide bonds. The lowest BCUT2D eigenvalue weighted by atomic mass is 10.0.